The van der Waals surface area contributed by atoms with E-state index in [-0.39, 0.29) is 17.9 Å². The first-order valence-corrected chi connectivity index (χ1v) is 7.40. The van der Waals surface area contributed by atoms with Crippen molar-refractivity contribution in [2.24, 2.45) is 5.92 Å². The second-order valence-corrected chi connectivity index (χ2v) is 6.35. The van der Waals surface area contributed by atoms with E-state index in [2.05, 4.69) is 15.3 Å². The minimum atomic E-state index is -0.536. The number of hydrogen-bond donors (Lipinski definition) is 1. The van der Waals surface area contributed by atoms with Gasteiger partial charge in [0.25, 0.3) is 0 Å². The lowest BCUT2D eigenvalue weighted by Gasteiger charge is -2.33. The molecule has 0 bridgehead atoms. The molecule has 120 valence electrons. The summed E-state index contributed by atoms with van der Waals surface area (Å²) in [6, 6.07) is 0. The van der Waals surface area contributed by atoms with Gasteiger partial charge in [-0.3, -0.25) is 9.78 Å². The van der Waals surface area contributed by atoms with Crippen molar-refractivity contribution in [3.05, 3.63) is 18.6 Å². The number of aromatic nitrogens is 2. The van der Waals surface area contributed by atoms with Crippen molar-refractivity contribution in [3.8, 4) is 0 Å². The molecule has 2 rings (SSSR count). The quantitative estimate of drug-likeness (QED) is 0.904. The van der Waals surface area contributed by atoms with Crippen LogP contribution in [0.2, 0.25) is 0 Å². The Morgan fingerprint density at radius 2 is 2.14 bits per heavy atom. The molecule has 0 spiro atoms. The van der Waals surface area contributed by atoms with Crippen LogP contribution in [-0.4, -0.2) is 45.6 Å². The molecule has 1 fully saturated rings. The van der Waals surface area contributed by atoms with Crippen molar-refractivity contribution in [1.29, 1.82) is 0 Å². The molecule has 0 radical (unpaired) electrons. The van der Waals surface area contributed by atoms with Crippen molar-refractivity contribution in [1.82, 2.24) is 14.9 Å². The van der Waals surface area contributed by atoms with Crippen LogP contribution >= 0.6 is 0 Å². The first-order chi connectivity index (χ1) is 10.3. The number of ether oxygens (including phenoxy) is 1. The number of nitrogens with one attached hydrogen (secondary N) is 1. The van der Waals surface area contributed by atoms with Gasteiger partial charge in [-0.15, -0.1) is 0 Å². The van der Waals surface area contributed by atoms with Crippen LogP contribution in [0.3, 0.4) is 0 Å². The Balaban J connectivity index is 1.92. The van der Waals surface area contributed by atoms with Gasteiger partial charge in [0.15, 0.2) is 5.82 Å². The molecule has 2 heterocycles. The van der Waals surface area contributed by atoms with Crippen LogP contribution < -0.4 is 5.32 Å². The number of anilines is 1. The second-order valence-electron chi connectivity index (χ2n) is 6.35. The van der Waals surface area contributed by atoms with E-state index in [0.717, 1.165) is 12.8 Å². The number of amides is 2. The number of carbonyl (C=O) groups is 2. The van der Waals surface area contributed by atoms with E-state index in [4.69, 9.17) is 4.74 Å². The summed E-state index contributed by atoms with van der Waals surface area (Å²) in [4.78, 5) is 33.9. The first-order valence-electron chi connectivity index (χ1n) is 7.40. The molecule has 2 amide bonds. The molecule has 0 aromatic carbocycles. The molecule has 1 unspecified atom stereocenters. The standard InChI is InChI=1S/C15H22N4O3/c1-15(2,3)22-14(21)19-8-4-5-11(10-19)13(20)18-12-9-16-6-7-17-12/h6-7,9,11H,4-5,8,10H2,1-3H3,(H,17,18,20). The Labute approximate surface area is 130 Å². The Hall–Kier alpha value is -2.18. The monoisotopic (exact) mass is 306 g/mol. The van der Waals surface area contributed by atoms with Gasteiger partial charge in [-0.1, -0.05) is 0 Å². The number of likely N-dealkylation sites (tertiary alicyclic amines) is 1. The van der Waals surface area contributed by atoms with Gasteiger partial charge in [-0.2, -0.15) is 0 Å². The highest BCUT2D eigenvalue weighted by molar-refractivity contribution is 5.92. The molecule has 1 N–H and O–H groups in total. The molecule has 1 aromatic heterocycles. The maximum absolute atomic E-state index is 12.3. The summed E-state index contributed by atoms with van der Waals surface area (Å²) in [5, 5.41) is 2.73. The highest BCUT2D eigenvalue weighted by Crippen LogP contribution is 2.20. The van der Waals surface area contributed by atoms with Crippen LogP contribution in [-0.2, 0) is 9.53 Å². The Bertz CT molecular complexity index is 527. The molecule has 22 heavy (non-hydrogen) atoms. The lowest BCUT2D eigenvalue weighted by Crippen LogP contribution is -2.45. The normalized spacial score (nSPS) is 18.7. The molecule has 1 saturated heterocycles. The zero-order valence-corrected chi connectivity index (χ0v) is 13.2. The lowest BCUT2D eigenvalue weighted by atomic mass is 9.97. The third-order valence-electron chi connectivity index (χ3n) is 3.26. The number of piperidine rings is 1. The minimum Gasteiger partial charge on any atom is -0.444 e. The van der Waals surface area contributed by atoms with E-state index in [0.29, 0.717) is 18.9 Å². The molecule has 0 aliphatic carbocycles. The fourth-order valence-corrected chi connectivity index (χ4v) is 2.28. The van der Waals surface area contributed by atoms with Crippen LogP contribution in [0.15, 0.2) is 18.6 Å². The van der Waals surface area contributed by atoms with Gasteiger partial charge in [-0.25, -0.2) is 9.78 Å². The fourth-order valence-electron chi connectivity index (χ4n) is 2.28. The molecular formula is C15H22N4O3. The van der Waals surface area contributed by atoms with Gasteiger partial charge in [0.05, 0.1) is 12.1 Å². The van der Waals surface area contributed by atoms with Crippen molar-refractivity contribution >= 4 is 17.8 Å². The highest BCUT2D eigenvalue weighted by atomic mass is 16.6. The van der Waals surface area contributed by atoms with E-state index >= 15 is 0 Å². The van der Waals surface area contributed by atoms with Gasteiger partial charge in [-0.05, 0) is 33.6 Å². The Morgan fingerprint density at radius 3 is 2.77 bits per heavy atom. The fraction of sp³-hybridized carbons (Fsp3) is 0.600. The van der Waals surface area contributed by atoms with Crippen molar-refractivity contribution in [2.75, 3.05) is 18.4 Å². The van der Waals surface area contributed by atoms with Crippen LogP contribution in [0.5, 0.6) is 0 Å². The molecule has 0 saturated carbocycles. The van der Waals surface area contributed by atoms with Gasteiger partial charge in [0.1, 0.15) is 5.60 Å². The number of nitrogens with zero attached hydrogens (tertiary/aromatic N) is 3. The van der Waals surface area contributed by atoms with Gasteiger partial charge >= 0.3 is 6.09 Å². The summed E-state index contributed by atoms with van der Waals surface area (Å²) in [6.07, 6.45) is 5.70. The highest BCUT2D eigenvalue weighted by Gasteiger charge is 2.31. The minimum absolute atomic E-state index is 0.145. The summed E-state index contributed by atoms with van der Waals surface area (Å²) in [7, 11) is 0. The average molecular weight is 306 g/mol. The number of hydrogen-bond acceptors (Lipinski definition) is 5. The Morgan fingerprint density at radius 1 is 1.36 bits per heavy atom. The third kappa shape index (κ3) is 4.68. The SMILES string of the molecule is CC(C)(C)OC(=O)N1CCCC(C(=O)Nc2cnccn2)C1. The summed E-state index contributed by atoms with van der Waals surface area (Å²) in [5.74, 6) is 0.0129. The largest absolute Gasteiger partial charge is 0.444 e. The molecule has 1 aromatic rings. The summed E-state index contributed by atoms with van der Waals surface area (Å²) < 4.78 is 5.36. The van der Waals surface area contributed by atoms with Crippen LogP contribution in [0.25, 0.3) is 0 Å². The molecule has 1 aliphatic heterocycles. The van der Waals surface area contributed by atoms with Crippen LogP contribution in [0.1, 0.15) is 33.6 Å². The topological polar surface area (TPSA) is 84.4 Å². The predicted octanol–water partition coefficient (Wildman–Crippen LogP) is 2.06. The summed E-state index contributed by atoms with van der Waals surface area (Å²) in [5.41, 5.74) is -0.536. The maximum atomic E-state index is 12.3. The van der Waals surface area contributed by atoms with Gasteiger partial charge in [0.2, 0.25) is 5.91 Å². The summed E-state index contributed by atoms with van der Waals surface area (Å²) >= 11 is 0. The first kappa shape index (κ1) is 16.2. The predicted molar refractivity (Wildman–Crippen MR) is 81.2 cm³/mol. The van der Waals surface area contributed by atoms with Crippen molar-refractivity contribution < 1.29 is 14.3 Å². The van der Waals surface area contributed by atoms with Gasteiger partial charge in [0, 0.05) is 25.5 Å². The number of carbonyl (C=O) groups excluding carboxylic acids is 2. The van der Waals surface area contributed by atoms with Crippen molar-refractivity contribution in [2.45, 2.75) is 39.2 Å². The molecule has 1 atom stereocenters. The molecule has 7 nitrogen and oxygen atoms in total. The van der Waals surface area contributed by atoms with Crippen LogP contribution in [0.4, 0.5) is 10.6 Å². The van der Waals surface area contributed by atoms with E-state index in [1.54, 1.807) is 11.1 Å². The van der Waals surface area contributed by atoms with E-state index in [1.807, 2.05) is 20.8 Å². The zero-order chi connectivity index (χ0) is 16.2. The zero-order valence-electron chi connectivity index (χ0n) is 13.2. The molecule has 7 heteroatoms. The molecular weight excluding hydrogens is 284 g/mol. The van der Waals surface area contributed by atoms with E-state index in [9.17, 15) is 9.59 Å². The van der Waals surface area contributed by atoms with Gasteiger partial charge < -0.3 is 15.0 Å². The van der Waals surface area contributed by atoms with Crippen LogP contribution in [0, 0.1) is 5.92 Å². The third-order valence-corrected chi connectivity index (χ3v) is 3.26. The maximum Gasteiger partial charge on any atom is 0.410 e. The summed E-state index contributed by atoms with van der Waals surface area (Å²) in [6.45, 7) is 6.46. The second kappa shape index (κ2) is 6.72. The average Bonchev–Trinajstić information content (AvgIpc) is 2.46. The molecule has 1 aliphatic rings. The smallest absolute Gasteiger partial charge is 0.410 e. The van der Waals surface area contributed by atoms with E-state index < -0.39 is 5.60 Å². The Kier molecular flexibility index (Phi) is 4.95. The van der Waals surface area contributed by atoms with Crippen molar-refractivity contribution in [3.63, 3.8) is 0 Å². The lowest BCUT2D eigenvalue weighted by molar-refractivity contribution is -0.121. The number of rotatable bonds is 2. The van der Waals surface area contributed by atoms with E-state index in [1.165, 1.54) is 12.4 Å².